The van der Waals surface area contributed by atoms with Crippen LogP contribution >= 0.6 is 0 Å². The van der Waals surface area contributed by atoms with Crippen LogP contribution in [0.3, 0.4) is 0 Å². The van der Waals surface area contributed by atoms with Gasteiger partial charge in [-0.1, -0.05) is 0 Å². The highest BCUT2D eigenvalue weighted by Crippen LogP contribution is 2.22. The molecular weight excluding hydrogens is 258 g/mol. The topological polar surface area (TPSA) is 96.8 Å². The normalized spacial score (nSPS) is 9.95. The molecule has 0 radical (unpaired) electrons. The third kappa shape index (κ3) is 3.32. The molecule has 0 fully saturated rings. The lowest BCUT2D eigenvalue weighted by atomic mass is 10.2. The number of nitro groups is 1. The quantitative estimate of drug-likeness (QED) is 0.493. The van der Waals surface area contributed by atoms with Crippen molar-refractivity contribution >= 4 is 11.4 Å². The molecule has 0 atom stereocenters. The third-order valence-corrected chi connectivity index (χ3v) is 2.80. The zero-order chi connectivity index (χ0) is 14.4. The molecule has 0 bridgehead atoms. The van der Waals surface area contributed by atoms with Gasteiger partial charge in [0.1, 0.15) is 11.6 Å². The predicted molar refractivity (Wildman–Crippen MR) is 73.1 cm³/mol. The summed E-state index contributed by atoms with van der Waals surface area (Å²) >= 11 is 0. The van der Waals surface area contributed by atoms with Crippen LogP contribution in [-0.4, -0.2) is 21.0 Å². The summed E-state index contributed by atoms with van der Waals surface area (Å²) in [6.07, 6.45) is 6.21. The lowest BCUT2D eigenvalue weighted by Gasteiger charge is -2.07. The lowest BCUT2D eigenvalue weighted by Crippen LogP contribution is -2.06. The van der Waals surface area contributed by atoms with Crippen molar-refractivity contribution in [1.29, 1.82) is 5.26 Å². The van der Waals surface area contributed by atoms with Crippen LogP contribution in [0.25, 0.3) is 0 Å². The Kier molecular flexibility index (Phi) is 4.29. The number of benzene rings is 1. The van der Waals surface area contributed by atoms with Crippen molar-refractivity contribution < 1.29 is 4.92 Å². The molecule has 7 nitrogen and oxygen atoms in total. The first-order valence-corrected chi connectivity index (χ1v) is 6.09. The summed E-state index contributed by atoms with van der Waals surface area (Å²) in [6.45, 7) is 1.51. The third-order valence-electron chi connectivity index (χ3n) is 2.80. The number of aromatic nitrogens is 2. The summed E-state index contributed by atoms with van der Waals surface area (Å²) in [5, 5.41) is 22.7. The second-order valence-electron chi connectivity index (χ2n) is 4.18. The summed E-state index contributed by atoms with van der Waals surface area (Å²) in [5.41, 5.74) is 0.535. The van der Waals surface area contributed by atoms with Crippen LogP contribution in [0.15, 0.2) is 36.9 Å². The van der Waals surface area contributed by atoms with E-state index in [0.717, 1.165) is 13.0 Å². The SMILES string of the molecule is N#Cc1ccc(NCCCn2ccnc2)cc1[N+](=O)[O-]. The molecule has 2 rings (SSSR count). The first-order chi connectivity index (χ1) is 9.70. The van der Waals surface area contributed by atoms with E-state index in [-0.39, 0.29) is 11.3 Å². The zero-order valence-corrected chi connectivity index (χ0v) is 10.7. The Morgan fingerprint density at radius 1 is 1.50 bits per heavy atom. The number of hydrogen-bond acceptors (Lipinski definition) is 5. The monoisotopic (exact) mass is 271 g/mol. The Hall–Kier alpha value is -2.88. The Balaban J connectivity index is 1.91. The van der Waals surface area contributed by atoms with E-state index < -0.39 is 4.92 Å². The number of nitro benzene ring substituents is 1. The molecule has 0 aliphatic heterocycles. The predicted octanol–water partition coefficient (Wildman–Crippen LogP) is 2.17. The van der Waals surface area contributed by atoms with E-state index in [1.165, 1.54) is 12.1 Å². The second-order valence-corrected chi connectivity index (χ2v) is 4.18. The van der Waals surface area contributed by atoms with Gasteiger partial charge < -0.3 is 9.88 Å². The van der Waals surface area contributed by atoms with E-state index >= 15 is 0 Å². The van der Waals surface area contributed by atoms with Crippen LogP contribution in [-0.2, 0) is 6.54 Å². The molecule has 0 saturated heterocycles. The van der Waals surface area contributed by atoms with Gasteiger partial charge in [-0.2, -0.15) is 5.26 Å². The smallest absolute Gasteiger partial charge is 0.289 e. The van der Waals surface area contributed by atoms with Crippen LogP contribution in [0.1, 0.15) is 12.0 Å². The number of aryl methyl sites for hydroxylation is 1. The maximum Gasteiger partial charge on any atom is 0.289 e. The van der Waals surface area contributed by atoms with Gasteiger partial charge in [0.25, 0.3) is 5.69 Å². The molecule has 0 unspecified atom stereocenters. The van der Waals surface area contributed by atoms with Gasteiger partial charge in [0, 0.05) is 37.2 Å². The summed E-state index contributed by atoms with van der Waals surface area (Å²) in [5.74, 6) is 0. The van der Waals surface area contributed by atoms with E-state index in [0.29, 0.717) is 12.2 Å². The van der Waals surface area contributed by atoms with Gasteiger partial charge in [-0.25, -0.2) is 4.98 Å². The van der Waals surface area contributed by atoms with E-state index in [1.807, 2.05) is 16.8 Å². The highest BCUT2D eigenvalue weighted by molar-refractivity contribution is 5.59. The van der Waals surface area contributed by atoms with Gasteiger partial charge in [-0.05, 0) is 18.6 Å². The molecule has 0 aliphatic carbocycles. The molecule has 0 spiro atoms. The van der Waals surface area contributed by atoms with Crippen LogP contribution in [0, 0.1) is 21.4 Å². The minimum atomic E-state index is -0.546. The molecule has 7 heteroatoms. The molecule has 20 heavy (non-hydrogen) atoms. The lowest BCUT2D eigenvalue weighted by molar-refractivity contribution is -0.385. The molecule has 1 heterocycles. The first kappa shape index (κ1) is 13.5. The van der Waals surface area contributed by atoms with E-state index in [1.54, 1.807) is 18.6 Å². The van der Waals surface area contributed by atoms with Crippen molar-refractivity contribution in [3.05, 3.63) is 52.6 Å². The van der Waals surface area contributed by atoms with Gasteiger partial charge in [0.15, 0.2) is 0 Å². The average Bonchev–Trinajstić information content (AvgIpc) is 2.96. The van der Waals surface area contributed by atoms with E-state index in [2.05, 4.69) is 10.3 Å². The number of anilines is 1. The van der Waals surface area contributed by atoms with Gasteiger partial charge in [-0.15, -0.1) is 0 Å². The molecule has 2 aromatic rings. The largest absolute Gasteiger partial charge is 0.385 e. The minimum absolute atomic E-state index is 0.0685. The fourth-order valence-electron chi connectivity index (χ4n) is 1.80. The first-order valence-electron chi connectivity index (χ1n) is 6.09. The van der Waals surface area contributed by atoms with Crippen molar-refractivity contribution in [3.63, 3.8) is 0 Å². The number of nitrogens with zero attached hydrogens (tertiary/aromatic N) is 4. The van der Waals surface area contributed by atoms with Crippen LogP contribution in [0.4, 0.5) is 11.4 Å². The molecule has 102 valence electrons. The van der Waals surface area contributed by atoms with Crippen molar-refractivity contribution in [3.8, 4) is 6.07 Å². The molecule has 1 aromatic carbocycles. The Morgan fingerprint density at radius 2 is 2.35 bits per heavy atom. The number of nitrogens with one attached hydrogen (secondary N) is 1. The van der Waals surface area contributed by atoms with Crippen LogP contribution < -0.4 is 5.32 Å². The van der Waals surface area contributed by atoms with Crippen LogP contribution in [0.5, 0.6) is 0 Å². The summed E-state index contributed by atoms with van der Waals surface area (Å²) in [7, 11) is 0. The van der Waals surface area contributed by atoms with Crippen LogP contribution in [0.2, 0.25) is 0 Å². The molecule has 0 amide bonds. The van der Waals surface area contributed by atoms with Gasteiger partial charge in [0.05, 0.1) is 11.3 Å². The Labute approximate surface area is 115 Å². The highest BCUT2D eigenvalue weighted by Gasteiger charge is 2.13. The van der Waals surface area contributed by atoms with Crippen molar-refractivity contribution in [2.45, 2.75) is 13.0 Å². The number of imidazole rings is 1. The number of hydrogen-bond donors (Lipinski definition) is 1. The maximum absolute atomic E-state index is 10.8. The highest BCUT2D eigenvalue weighted by atomic mass is 16.6. The number of nitriles is 1. The summed E-state index contributed by atoms with van der Waals surface area (Å²) in [6, 6.07) is 6.32. The second kappa shape index (κ2) is 6.33. The van der Waals surface area contributed by atoms with Crippen molar-refractivity contribution in [2.24, 2.45) is 0 Å². The van der Waals surface area contributed by atoms with Gasteiger partial charge >= 0.3 is 0 Å². The van der Waals surface area contributed by atoms with Gasteiger partial charge in [-0.3, -0.25) is 10.1 Å². The maximum atomic E-state index is 10.8. The fraction of sp³-hybridized carbons (Fsp3) is 0.231. The molecule has 0 saturated carbocycles. The molecule has 1 aromatic heterocycles. The van der Waals surface area contributed by atoms with Crippen molar-refractivity contribution in [1.82, 2.24) is 9.55 Å². The average molecular weight is 271 g/mol. The van der Waals surface area contributed by atoms with Crippen molar-refractivity contribution in [2.75, 3.05) is 11.9 Å². The summed E-state index contributed by atoms with van der Waals surface area (Å²) in [4.78, 5) is 14.2. The Bertz CT molecular complexity index is 631. The molecule has 1 N–H and O–H groups in total. The van der Waals surface area contributed by atoms with Gasteiger partial charge in [0.2, 0.25) is 0 Å². The van der Waals surface area contributed by atoms with E-state index in [9.17, 15) is 10.1 Å². The number of rotatable bonds is 6. The standard InChI is InChI=1S/C13H13N5O2/c14-9-11-2-3-12(8-13(11)18(19)20)16-4-1-6-17-7-5-15-10-17/h2-3,5,7-8,10,16H,1,4,6H2. The molecular formula is C13H13N5O2. The van der Waals surface area contributed by atoms with E-state index in [4.69, 9.17) is 5.26 Å². The zero-order valence-electron chi connectivity index (χ0n) is 10.7. The fourth-order valence-corrected chi connectivity index (χ4v) is 1.80. The summed E-state index contributed by atoms with van der Waals surface area (Å²) < 4.78 is 1.96. The molecule has 0 aliphatic rings. The Morgan fingerprint density at radius 3 is 3.00 bits per heavy atom. The minimum Gasteiger partial charge on any atom is -0.385 e.